The van der Waals surface area contributed by atoms with Crippen molar-refractivity contribution in [3.63, 3.8) is 0 Å². The summed E-state index contributed by atoms with van der Waals surface area (Å²) in [6, 6.07) is 0. The van der Waals surface area contributed by atoms with Crippen molar-refractivity contribution < 1.29 is 0 Å². The molecule has 0 aromatic rings. The first kappa shape index (κ1) is 29.0. The Labute approximate surface area is 200 Å². The maximum absolute atomic E-state index is 5.66. The molecule has 2 saturated carbocycles. The van der Waals surface area contributed by atoms with Crippen LogP contribution in [0.25, 0.3) is 0 Å². The normalized spacial score (nSPS) is 27.2. The third-order valence-electron chi connectivity index (χ3n) is 6.57. The van der Waals surface area contributed by atoms with Crippen LogP contribution in [0.15, 0.2) is 15.0 Å². The highest BCUT2D eigenvalue weighted by molar-refractivity contribution is 5.60. The number of hydrogen-bond donors (Lipinski definition) is 1. The molecule has 2 aliphatic carbocycles. The molecule has 0 amide bonds. The first-order chi connectivity index (χ1) is 15.3. The smallest absolute Gasteiger partial charge is 0.0413 e. The molecule has 2 aliphatic rings. The summed E-state index contributed by atoms with van der Waals surface area (Å²) >= 11 is 0. The van der Waals surface area contributed by atoms with Crippen LogP contribution in [0.3, 0.4) is 0 Å². The fourth-order valence-corrected chi connectivity index (χ4v) is 4.51. The highest BCUT2D eigenvalue weighted by atomic mass is 14.7. The molecule has 2 fully saturated rings. The van der Waals surface area contributed by atoms with Crippen molar-refractivity contribution in [3.05, 3.63) is 0 Å². The van der Waals surface area contributed by atoms with Gasteiger partial charge in [-0.25, -0.2) is 0 Å². The van der Waals surface area contributed by atoms with Crippen molar-refractivity contribution in [1.82, 2.24) is 0 Å². The lowest BCUT2D eigenvalue weighted by Crippen LogP contribution is -2.22. The van der Waals surface area contributed by atoms with Gasteiger partial charge in [-0.3, -0.25) is 15.0 Å². The lowest BCUT2D eigenvalue weighted by Gasteiger charge is -2.26. The van der Waals surface area contributed by atoms with Gasteiger partial charge in [0.15, 0.2) is 0 Å². The first-order valence-corrected chi connectivity index (χ1v) is 13.5. The Kier molecular flexibility index (Phi) is 15.8. The van der Waals surface area contributed by atoms with Gasteiger partial charge in [0.05, 0.1) is 0 Å². The predicted molar refractivity (Wildman–Crippen MR) is 145 cm³/mol. The van der Waals surface area contributed by atoms with Crippen molar-refractivity contribution in [2.75, 3.05) is 26.2 Å². The fraction of sp³-hybridized carbons (Fsp3) is 0.893. The quantitative estimate of drug-likeness (QED) is 0.372. The monoisotopic (exact) mass is 446 g/mol. The van der Waals surface area contributed by atoms with Gasteiger partial charge in [-0.05, 0) is 99.3 Å². The molecule has 0 saturated heterocycles. The van der Waals surface area contributed by atoms with Crippen LogP contribution in [0.4, 0.5) is 0 Å². The molecule has 0 aromatic carbocycles. The van der Waals surface area contributed by atoms with Gasteiger partial charge >= 0.3 is 0 Å². The summed E-state index contributed by atoms with van der Waals surface area (Å²) < 4.78 is 0. The third kappa shape index (κ3) is 14.9. The van der Waals surface area contributed by atoms with E-state index in [9.17, 15) is 0 Å². The van der Waals surface area contributed by atoms with Crippen LogP contribution >= 0.6 is 0 Å². The maximum atomic E-state index is 5.66. The molecule has 4 heteroatoms. The minimum absolute atomic E-state index is 0.590. The van der Waals surface area contributed by atoms with E-state index in [0.29, 0.717) is 17.8 Å². The van der Waals surface area contributed by atoms with E-state index in [1.807, 2.05) is 0 Å². The number of rotatable bonds is 10. The molecule has 0 unspecified atom stereocenters. The van der Waals surface area contributed by atoms with Crippen LogP contribution in [0.1, 0.15) is 92.9 Å². The highest BCUT2D eigenvalue weighted by Crippen LogP contribution is 2.29. The van der Waals surface area contributed by atoms with E-state index < -0.39 is 0 Å². The summed E-state index contributed by atoms with van der Waals surface area (Å²) in [5, 5.41) is 0. The van der Waals surface area contributed by atoms with Gasteiger partial charge in [0.25, 0.3) is 0 Å². The van der Waals surface area contributed by atoms with Crippen molar-refractivity contribution in [3.8, 4) is 0 Å². The Balaban J connectivity index is 0.000000330. The zero-order valence-electron chi connectivity index (χ0n) is 22.2. The molecule has 0 radical (unpaired) electrons. The van der Waals surface area contributed by atoms with Crippen LogP contribution in [-0.2, 0) is 0 Å². The molecule has 4 nitrogen and oxygen atoms in total. The number of aliphatic imine (C=N–C) groups is 3. The summed E-state index contributed by atoms with van der Waals surface area (Å²) in [4.78, 5) is 13.6. The van der Waals surface area contributed by atoms with Gasteiger partial charge in [0.2, 0.25) is 0 Å². The largest absolute Gasteiger partial charge is 0.330 e. The van der Waals surface area contributed by atoms with Gasteiger partial charge < -0.3 is 5.73 Å². The second kappa shape index (κ2) is 17.4. The summed E-state index contributed by atoms with van der Waals surface area (Å²) in [7, 11) is 0. The second-order valence-electron chi connectivity index (χ2n) is 11.3. The van der Waals surface area contributed by atoms with Gasteiger partial charge in [-0.15, -0.1) is 0 Å². The van der Waals surface area contributed by atoms with Gasteiger partial charge in [0.1, 0.15) is 0 Å². The lowest BCUT2D eigenvalue weighted by molar-refractivity contribution is 0.285. The average molecular weight is 447 g/mol. The SMILES string of the molecule is CC(C)C=NCC1CCC(CN)CC1.CC(C)C=NCC1CCC(CN=CC(C)C)CC1. The van der Waals surface area contributed by atoms with E-state index in [1.165, 1.54) is 51.4 Å². The van der Waals surface area contributed by atoms with Crippen molar-refractivity contribution in [2.45, 2.75) is 92.9 Å². The molecule has 0 bridgehead atoms. The summed E-state index contributed by atoms with van der Waals surface area (Å²) in [5.74, 6) is 5.04. The minimum Gasteiger partial charge on any atom is -0.330 e. The Hall–Kier alpha value is -1.03. The van der Waals surface area contributed by atoms with Crippen LogP contribution in [0.2, 0.25) is 0 Å². The molecule has 0 spiro atoms. The Bertz CT molecular complexity index is 492. The van der Waals surface area contributed by atoms with Crippen LogP contribution in [-0.4, -0.2) is 44.8 Å². The molecule has 2 rings (SSSR count). The zero-order chi connectivity index (χ0) is 23.8. The number of nitrogens with two attached hydrogens (primary N) is 1. The van der Waals surface area contributed by atoms with Crippen LogP contribution in [0, 0.1) is 41.4 Å². The van der Waals surface area contributed by atoms with Gasteiger partial charge in [-0.1, -0.05) is 41.5 Å². The maximum Gasteiger partial charge on any atom is 0.0413 e. The molecule has 186 valence electrons. The van der Waals surface area contributed by atoms with Crippen LogP contribution in [0.5, 0.6) is 0 Å². The van der Waals surface area contributed by atoms with E-state index in [-0.39, 0.29) is 0 Å². The molecule has 32 heavy (non-hydrogen) atoms. The van der Waals surface area contributed by atoms with Crippen molar-refractivity contribution >= 4 is 18.6 Å². The van der Waals surface area contributed by atoms with Crippen molar-refractivity contribution in [1.29, 1.82) is 0 Å². The van der Waals surface area contributed by atoms with E-state index in [2.05, 4.69) is 75.2 Å². The Morgan fingerprint density at radius 2 is 0.781 bits per heavy atom. The summed E-state index contributed by atoms with van der Waals surface area (Å²) in [6.45, 7) is 17.1. The van der Waals surface area contributed by atoms with Gasteiger partial charge in [0, 0.05) is 38.3 Å². The third-order valence-corrected chi connectivity index (χ3v) is 6.57. The van der Waals surface area contributed by atoms with Crippen LogP contribution < -0.4 is 5.73 Å². The number of hydrogen-bond acceptors (Lipinski definition) is 4. The fourth-order valence-electron chi connectivity index (χ4n) is 4.51. The zero-order valence-corrected chi connectivity index (χ0v) is 22.2. The minimum atomic E-state index is 0.590. The van der Waals surface area contributed by atoms with E-state index in [0.717, 1.165) is 49.9 Å². The molecular weight excluding hydrogens is 392 g/mol. The van der Waals surface area contributed by atoms with E-state index in [4.69, 9.17) is 5.73 Å². The first-order valence-electron chi connectivity index (χ1n) is 13.5. The predicted octanol–water partition coefficient (Wildman–Crippen LogP) is 6.72. The molecule has 0 aliphatic heterocycles. The van der Waals surface area contributed by atoms with E-state index in [1.54, 1.807) is 0 Å². The van der Waals surface area contributed by atoms with E-state index >= 15 is 0 Å². The highest BCUT2D eigenvalue weighted by Gasteiger charge is 2.20. The molecule has 0 heterocycles. The Morgan fingerprint density at radius 1 is 0.531 bits per heavy atom. The standard InChI is InChI=1S/C16H30N2.C12H24N2/c1-13(2)9-17-11-15-5-7-16(8-6-15)12-18-10-14(3)4;1-10(2)8-14-9-12-5-3-11(7-13)4-6-12/h9-10,13-16H,5-8,11-12H2,1-4H3;8,10-12H,3-7,9,13H2,1-2H3. The molecule has 2 N–H and O–H groups in total. The lowest BCUT2D eigenvalue weighted by atomic mass is 9.82. The average Bonchev–Trinajstić information content (AvgIpc) is 2.75. The summed E-state index contributed by atoms with van der Waals surface area (Å²) in [5.41, 5.74) is 5.66. The Morgan fingerprint density at radius 3 is 1.00 bits per heavy atom. The van der Waals surface area contributed by atoms with Gasteiger partial charge in [-0.2, -0.15) is 0 Å². The molecule has 0 aromatic heterocycles. The second-order valence-corrected chi connectivity index (χ2v) is 11.3. The van der Waals surface area contributed by atoms with Crippen molar-refractivity contribution in [2.24, 2.45) is 62.1 Å². The topological polar surface area (TPSA) is 63.1 Å². The number of nitrogens with zero attached hydrogens (tertiary/aromatic N) is 3. The molecular formula is C28H54N4. The molecule has 0 atom stereocenters. The summed E-state index contributed by atoms with van der Waals surface area (Å²) in [6.07, 6.45) is 16.9.